The van der Waals surface area contributed by atoms with Crippen LogP contribution in [0.2, 0.25) is 0 Å². The first-order valence-corrected chi connectivity index (χ1v) is 11.3. The van der Waals surface area contributed by atoms with Gasteiger partial charge in [-0.15, -0.1) is 5.10 Å². The third-order valence-corrected chi connectivity index (χ3v) is 6.23. The van der Waals surface area contributed by atoms with Gasteiger partial charge in [-0.25, -0.2) is 0 Å². The number of aryl methyl sites for hydroxylation is 2. The third-order valence-electron chi connectivity index (χ3n) is 6.23. The highest BCUT2D eigenvalue weighted by Crippen LogP contribution is 2.24. The quantitative estimate of drug-likeness (QED) is 0.580. The first kappa shape index (κ1) is 23.4. The molecule has 0 aliphatic carbocycles. The van der Waals surface area contributed by atoms with Crippen LogP contribution in [0.25, 0.3) is 5.69 Å². The highest BCUT2D eigenvalue weighted by Gasteiger charge is 2.22. The molecule has 0 N–H and O–H groups in total. The monoisotopic (exact) mass is 462 g/mol. The van der Waals surface area contributed by atoms with Gasteiger partial charge in [0.2, 0.25) is 0 Å². The highest BCUT2D eigenvalue weighted by molar-refractivity contribution is 5.95. The number of hydrogen-bond acceptors (Lipinski definition) is 6. The Hall–Kier alpha value is -3.81. The molecular weight excluding hydrogens is 432 g/mol. The molecule has 3 aromatic rings. The Balaban J connectivity index is 1.53. The molecule has 2 heterocycles. The van der Waals surface area contributed by atoms with Crippen molar-refractivity contribution >= 4 is 11.7 Å². The molecular formula is C26H30N4O4. The minimum Gasteiger partial charge on any atom is -0.497 e. The molecule has 0 unspecified atom stereocenters. The van der Waals surface area contributed by atoms with E-state index in [2.05, 4.69) is 10.00 Å². The molecule has 1 aliphatic heterocycles. The molecule has 2 aromatic carbocycles. The Bertz CT molecular complexity index is 1230. The van der Waals surface area contributed by atoms with Crippen molar-refractivity contribution in [1.29, 1.82) is 0 Å². The van der Waals surface area contributed by atoms with Crippen molar-refractivity contribution in [2.75, 3.05) is 45.3 Å². The zero-order valence-corrected chi connectivity index (χ0v) is 20.1. The van der Waals surface area contributed by atoms with Gasteiger partial charge in [-0.2, -0.15) is 4.68 Å². The van der Waals surface area contributed by atoms with Crippen LogP contribution in [-0.2, 0) is 0 Å². The smallest absolute Gasteiger partial charge is 0.271 e. The molecule has 4 rings (SSSR count). The summed E-state index contributed by atoms with van der Waals surface area (Å²) < 4.78 is 12.1. The molecule has 1 amide bonds. The maximum Gasteiger partial charge on any atom is 0.271 e. The minimum atomic E-state index is -0.175. The first-order valence-electron chi connectivity index (χ1n) is 11.3. The van der Waals surface area contributed by atoms with E-state index in [1.165, 1.54) is 10.2 Å². The topological polar surface area (TPSA) is 76.9 Å². The summed E-state index contributed by atoms with van der Waals surface area (Å²) in [6.07, 6.45) is 0.789. The summed E-state index contributed by atoms with van der Waals surface area (Å²) in [4.78, 5) is 29.7. The predicted octanol–water partition coefficient (Wildman–Crippen LogP) is 3.22. The Morgan fingerprint density at radius 3 is 2.26 bits per heavy atom. The summed E-state index contributed by atoms with van der Waals surface area (Å²) in [5, 5.41) is 4.65. The van der Waals surface area contributed by atoms with Crippen molar-refractivity contribution in [1.82, 2.24) is 14.7 Å². The molecule has 0 saturated carbocycles. The van der Waals surface area contributed by atoms with Crippen molar-refractivity contribution in [3.8, 4) is 17.2 Å². The Morgan fingerprint density at radius 2 is 1.59 bits per heavy atom. The number of rotatable bonds is 5. The van der Waals surface area contributed by atoms with Gasteiger partial charge in [0.15, 0.2) is 0 Å². The molecule has 1 aromatic heterocycles. The van der Waals surface area contributed by atoms with Crippen LogP contribution >= 0.6 is 0 Å². The van der Waals surface area contributed by atoms with Gasteiger partial charge in [0.25, 0.3) is 11.5 Å². The number of anilines is 1. The zero-order chi connectivity index (χ0) is 24.2. The van der Waals surface area contributed by atoms with Gasteiger partial charge < -0.3 is 19.3 Å². The average molecular weight is 463 g/mol. The lowest BCUT2D eigenvalue weighted by atomic mass is 10.1. The largest absolute Gasteiger partial charge is 0.497 e. The molecule has 1 saturated heterocycles. The molecule has 178 valence electrons. The third kappa shape index (κ3) is 4.90. The number of hydrogen-bond donors (Lipinski definition) is 0. The number of aromatic nitrogens is 2. The van der Waals surface area contributed by atoms with E-state index in [0.29, 0.717) is 36.7 Å². The van der Waals surface area contributed by atoms with Gasteiger partial charge in [0, 0.05) is 43.9 Å². The van der Waals surface area contributed by atoms with Crippen LogP contribution in [0, 0.1) is 13.8 Å². The summed E-state index contributed by atoms with van der Waals surface area (Å²) in [7, 11) is 3.13. The van der Waals surface area contributed by atoms with Crippen LogP contribution in [0.4, 0.5) is 5.82 Å². The molecule has 1 fully saturated rings. The van der Waals surface area contributed by atoms with Crippen molar-refractivity contribution in [2.45, 2.75) is 20.3 Å². The summed E-state index contributed by atoms with van der Waals surface area (Å²) in [5.41, 5.74) is 3.37. The van der Waals surface area contributed by atoms with Crippen molar-refractivity contribution in [3.63, 3.8) is 0 Å². The molecule has 0 radical (unpaired) electrons. The summed E-state index contributed by atoms with van der Waals surface area (Å²) in [5.74, 6) is 1.82. The fourth-order valence-corrected chi connectivity index (χ4v) is 4.08. The van der Waals surface area contributed by atoms with Crippen molar-refractivity contribution in [3.05, 3.63) is 75.6 Å². The van der Waals surface area contributed by atoms with Crippen LogP contribution < -0.4 is 19.9 Å². The Kier molecular flexibility index (Phi) is 6.86. The molecule has 8 nitrogen and oxygen atoms in total. The predicted molar refractivity (Wildman–Crippen MR) is 132 cm³/mol. The standard InChI is InChI=1S/C26H30N4O4/c1-18-6-7-21(14-19(18)2)30-25(31)9-8-24(27-30)28-10-5-11-29(13-12-28)26(32)20-15-22(33-3)17-23(16-20)34-4/h6-9,14-17H,5,10-13H2,1-4H3. The second-order valence-corrected chi connectivity index (χ2v) is 8.44. The fraction of sp³-hybridized carbons (Fsp3) is 0.346. The lowest BCUT2D eigenvalue weighted by Crippen LogP contribution is -2.36. The molecule has 0 spiro atoms. The van der Waals surface area contributed by atoms with Crippen LogP contribution in [0.3, 0.4) is 0 Å². The maximum atomic E-state index is 13.2. The number of methoxy groups -OCH3 is 2. The van der Waals surface area contributed by atoms with E-state index >= 15 is 0 Å². The van der Waals surface area contributed by atoms with E-state index in [4.69, 9.17) is 9.47 Å². The lowest BCUT2D eigenvalue weighted by molar-refractivity contribution is 0.0766. The van der Waals surface area contributed by atoms with Crippen LogP contribution in [-0.4, -0.2) is 61.0 Å². The van der Waals surface area contributed by atoms with E-state index in [0.717, 1.165) is 30.0 Å². The van der Waals surface area contributed by atoms with Gasteiger partial charge >= 0.3 is 0 Å². The second kappa shape index (κ2) is 9.99. The van der Waals surface area contributed by atoms with Gasteiger partial charge in [0.1, 0.15) is 17.3 Å². The number of nitrogens with zero attached hydrogens (tertiary/aromatic N) is 4. The minimum absolute atomic E-state index is 0.0629. The molecule has 0 atom stereocenters. The number of ether oxygens (including phenoxy) is 2. The van der Waals surface area contributed by atoms with Crippen molar-refractivity contribution in [2.24, 2.45) is 0 Å². The SMILES string of the molecule is COc1cc(OC)cc(C(=O)N2CCCN(c3ccc(=O)n(-c4ccc(C)c(C)c4)n3)CC2)c1. The molecule has 8 heteroatoms. The number of benzene rings is 2. The Labute approximate surface area is 199 Å². The normalized spacial score (nSPS) is 14.0. The van der Waals surface area contributed by atoms with Crippen LogP contribution in [0.15, 0.2) is 53.3 Å². The van der Waals surface area contributed by atoms with Gasteiger partial charge in [0.05, 0.1) is 19.9 Å². The lowest BCUT2D eigenvalue weighted by Gasteiger charge is -2.23. The van der Waals surface area contributed by atoms with E-state index in [1.807, 2.05) is 36.9 Å². The van der Waals surface area contributed by atoms with Gasteiger partial charge in [-0.3, -0.25) is 9.59 Å². The average Bonchev–Trinajstić information content (AvgIpc) is 3.11. The van der Waals surface area contributed by atoms with Crippen LogP contribution in [0.5, 0.6) is 11.5 Å². The van der Waals surface area contributed by atoms with E-state index < -0.39 is 0 Å². The van der Waals surface area contributed by atoms with Gasteiger partial charge in [-0.05, 0) is 61.7 Å². The molecule has 0 bridgehead atoms. The number of carbonyl (C=O) groups is 1. The summed E-state index contributed by atoms with van der Waals surface area (Å²) in [6, 6.07) is 14.4. The molecule has 1 aliphatic rings. The molecule has 34 heavy (non-hydrogen) atoms. The maximum absolute atomic E-state index is 13.2. The number of amides is 1. The first-order chi connectivity index (χ1) is 16.4. The van der Waals surface area contributed by atoms with E-state index in [9.17, 15) is 9.59 Å². The van der Waals surface area contributed by atoms with E-state index in [1.54, 1.807) is 44.6 Å². The fourth-order valence-electron chi connectivity index (χ4n) is 4.08. The van der Waals surface area contributed by atoms with Crippen molar-refractivity contribution < 1.29 is 14.3 Å². The zero-order valence-electron chi connectivity index (χ0n) is 20.1. The second-order valence-electron chi connectivity index (χ2n) is 8.44. The van der Waals surface area contributed by atoms with E-state index in [-0.39, 0.29) is 11.5 Å². The summed E-state index contributed by atoms with van der Waals surface area (Å²) in [6.45, 7) is 6.59. The number of carbonyl (C=O) groups excluding carboxylic acids is 1. The van der Waals surface area contributed by atoms with Gasteiger partial charge in [-0.1, -0.05) is 6.07 Å². The van der Waals surface area contributed by atoms with Crippen LogP contribution in [0.1, 0.15) is 27.9 Å². The Morgan fingerprint density at radius 1 is 0.853 bits per heavy atom. The highest BCUT2D eigenvalue weighted by atomic mass is 16.5. The summed E-state index contributed by atoms with van der Waals surface area (Å²) >= 11 is 0.